The van der Waals surface area contributed by atoms with Gasteiger partial charge in [0.05, 0.1) is 0 Å². The molecule has 0 unspecified atom stereocenters. The van der Waals surface area contributed by atoms with Crippen LogP contribution in [0.3, 0.4) is 0 Å². The van der Waals surface area contributed by atoms with Gasteiger partial charge in [0.25, 0.3) is 0 Å². The Labute approximate surface area is 109 Å². The second kappa shape index (κ2) is 4.00. The quantitative estimate of drug-likeness (QED) is 0.436. The maximum Gasteiger partial charge on any atom is 0.474 e. The van der Waals surface area contributed by atoms with Crippen LogP contribution in [0.2, 0.25) is 0 Å². The van der Waals surface area contributed by atoms with E-state index in [0.29, 0.717) is 0 Å². The highest BCUT2D eigenvalue weighted by atomic mass is 32.3. The van der Waals surface area contributed by atoms with Gasteiger partial charge in [-0.2, -0.15) is 17.6 Å². The molecule has 0 bridgehead atoms. The summed E-state index contributed by atoms with van der Waals surface area (Å²) in [5.41, 5.74) is 0. The van der Waals surface area contributed by atoms with Crippen LogP contribution >= 0.6 is 0 Å². The first kappa shape index (κ1) is 17.5. The van der Waals surface area contributed by atoms with Crippen LogP contribution in [0.15, 0.2) is 0 Å². The van der Waals surface area contributed by atoms with Crippen LogP contribution in [-0.4, -0.2) is 42.8 Å². The lowest BCUT2D eigenvalue weighted by Gasteiger charge is -2.25. The molecule has 0 saturated carbocycles. The van der Waals surface area contributed by atoms with Crippen LogP contribution in [0.25, 0.3) is 0 Å². The van der Waals surface area contributed by atoms with E-state index >= 15 is 0 Å². The van der Waals surface area contributed by atoms with E-state index in [1.54, 1.807) is 0 Å². The summed E-state index contributed by atoms with van der Waals surface area (Å²) in [7, 11) is -26.9. The first-order valence-electron chi connectivity index (χ1n) is 3.72. The van der Waals surface area contributed by atoms with Crippen LogP contribution in [0.4, 0.5) is 17.6 Å². The summed E-state index contributed by atoms with van der Waals surface area (Å²) in [6.45, 7) is 0. The number of sulfonamides is 4. The zero-order valence-corrected chi connectivity index (χ0v) is 11.7. The third-order valence-corrected chi connectivity index (χ3v) is 10.3. The molecule has 0 radical (unpaired) electrons. The molecule has 1 aliphatic heterocycles. The molecule has 1 saturated heterocycles. The minimum absolute atomic E-state index is 0.328. The number of alkyl halides is 4. The number of rotatable bonds is 0. The summed E-state index contributed by atoms with van der Waals surface area (Å²) in [5.74, 6) is 0. The average Bonchev–Trinajstić information content (AvgIpc) is 2.11. The van der Waals surface area contributed by atoms with E-state index in [1.807, 2.05) is 0 Å². The Morgan fingerprint density at radius 3 is 0.800 bits per heavy atom. The van der Waals surface area contributed by atoms with E-state index in [4.69, 9.17) is 0 Å². The normalized spacial score (nSPS) is 32.6. The Hall–Kier alpha value is -0.560. The predicted molar refractivity (Wildman–Crippen MR) is 51.8 cm³/mol. The van der Waals surface area contributed by atoms with Crippen molar-refractivity contribution in [2.75, 3.05) is 0 Å². The fraction of sp³-hybridized carbons (Fsp3) is 1.00. The number of halogens is 4. The van der Waals surface area contributed by atoms with Crippen LogP contribution in [-0.2, 0) is 40.1 Å². The third kappa shape index (κ3) is 2.09. The molecule has 1 aliphatic rings. The van der Waals surface area contributed by atoms with Crippen molar-refractivity contribution in [2.45, 2.75) is 9.17 Å². The molecule has 2 N–H and O–H groups in total. The highest BCUT2D eigenvalue weighted by Crippen LogP contribution is 2.36. The van der Waals surface area contributed by atoms with Crippen molar-refractivity contribution < 1.29 is 51.2 Å². The topological polar surface area (TPSA) is 161 Å². The SMILES string of the molecule is O=S1(=O)NS(=O)(=O)C(F)(F)S(=O)(=O)NS(=O)(=O)C1(F)F. The average molecular weight is 386 g/mol. The second-order valence-electron chi connectivity index (χ2n) is 3.11. The molecule has 0 aromatic rings. The number of nitrogens with one attached hydrogen (secondary N) is 2. The molecule has 1 heterocycles. The van der Waals surface area contributed by atoms with Crippen molar-refractivity contribution in [3.8, 4) is 0 Å². The van der Waals surface area contributed by atoms with Crippen LogP contribution in [0.5, 0.6) is 0 Å². The Balaban J connectivity index is 3.91. The molecular weight excluding hydrogens is 384 g/mol. The molecule has 0 atom stereocenters. The summed E-state index contributed by atoms with van der Waals surface area (Å²) < 4.78 is 126. The molecule has 0 aromatic heterocycles. The molecule has 10 nitrogen and oxygen atoms in total. The maximum absolute atomic E-state index is 13.1. The summed E-state index contributed by atoms with van der Waals surface area (Å²) in [4.78, 5) is 0. The van der Waals surface area contributed by atoms with Gasteiger partial charge in [0, 0.05) is 0 Å². The molecule has 0 aliphatic carbocycles. The molecule has 0 amide bonds. The lowest BCUT2D eigenvalue weighted by molar-refractivity contribution is 0.168. The minimum atomic E-state index is -6.72. The van der Waals surface area contributed by atoms with Crippen LogP contribution in [0, 0.1) is 0 Å². The van der Waals surface area contributed by atoms with Gasteiger partial charge in [-0.1, -0.05) is 8.25 Å². The zero-order valence-electron chi connectivity index (χ0n) is 8.41. The highest BCUT2D eigenvalue weighted by molar-refractivity contribution is 8.22. The van der Waals surface area contributed by atoms with Crippen LogP contribution < -0.4 is 8.25 Å². The Kier molecular flexibility index (Phi) is 3.50. The fourth-order valence-electron chi connectivity index (χ4n) is 0.772. The minimum Gasteiger partial charge on any atom is -0.204 e. The fourth-order valence-corrected chi connectivity index (χ4v) is 8.17. The molecule has 18 heteroatoms. The molecule has 0 spiro atoms. The number of hydrogen-bond donors (Lipinski definition) is 2. The summed E-state index contributed by atoms with van der Waals surface area (Å²) >= 11 is 0. The molecular formula is C2H2F4N2O8S4. The summed E-state index contributed by atoms with van der Waals surface area (Å²) in [5, 5.41) is 0. The smallest absolute Gasteiger partial charge is 0.204 e. The Bertz CT molecular complexity index is 707. The van der Waals surface area contributed by atoms with E-state index in [-0.39, 0.29) is 8.25 Å². The molecule has 1 fully saturated rings. The third-order valence-electron chi connectivity index (χ3n) is 1.69. The van der Waals surface area contributed by atoms with Gasteiger partial charge < -0.3 is 0 Å². The summed E-state index contributed by atoms with van der Waals surface area (Å²) in [6.07, 6.45) is 0. The van der Waals surface area contributed by atoms with Crippen molar-refractivity contribution in [2.24, 2.45) is 0 Å². The molecule has 1 rings (SSSR count). The van der Waals surface area contributed by atoms with Crippen molar-refractivity contribution in [1.29, 1.82) is 0 Å². The van der Waals surface area contributed by atoms with Gasteiger partial charge in [-0.25, -0.2) is 33.7 Å². The molecule has 0 aromatic carbocycles. The van der Waals surface area contributed by atoms with Crippen molar-refractivity contribution in [3.05, 3.63) is 0 Å². The van der Waals surface area contributed by atoms with E-state index in [9.17, 15) is 51.2 Å². The van der Waals surface area contributed by atoms with Gasteiger partial charge in [-0.15, -0.1) is 0 Å². The second-order valence-corrected chi connectivity index (χ2v) is 11.0. The molecule has 20 heavy (non-hydrogen) atoms. The monoisotopic (exact) mass is 386 g/mol. The van der Waals surface area contributed by atoms with Gasteiger partial charge in [0.2, 0.25) is 0 Å². The van der Waals surface area contributed by atoms with Gasteiger partial charge in [0.1, 0.15) is 0 Å². The highest BCUT2D eigenvalue weighted by Gasteiger charge is 2.70. The largest absolute Gasteiger partial charge is 0.474 e. The van der Waals surface area contributed by atoms with Crippen molar-refractivity contribution >= 4 is 40.1 Å². The van der Waals surface area contributed by atoms with Crippen molar-refractivity contribution in [1.82, 2.24) is 8.25 Å². The van der Waals surface area contributed by atoms with Gasteiger partial charge in [-0.3, -0.25) is 0 Å². The molecule has 120 valence electrons. The lowest BCUT2D eigenvalue weighted by Crippen LogP contribution is -2.62. The zero-order chi connectivity index (χ0) is 16.4. The van der Waals surface area contributed by atoms with E-state index in [1.165, 1.54) is 0 Å². The first-order valence-corrected chi connectivity index (χ1v) is 9.65. The maximum atomic E-state index is 13.1. The van der Waals surface area contributed by atoms with E-state index in [0.717, 1.165) is 0 Å². The number of hydrogen-bond acceptors (Lipinski definition) is 8. The van der Waals surface area contributed by atoms with Gasteiger partial charge in [-0.05, 0) is 0 Å². The van der Waals surface area contributed by atoms with E-state index in [2.05, 4.69) is 0 Å². The predicted octanol–water partition coefficient (Wildman–Crippen LogP) is -2.40. The lowest BCUT2D eigenvalue weighted by atomic mass is 11.6. The standard InChI is InChI=1S/C2H2F4N2O8S4/c3-1(4)17(9,10)7-19(13,14)2(5,6)20(15,16)8-18(1,11)12/h7-8H. The Morgan fingerprint density at radius 1 is 0.500 bits per heavy atom. The van der Waals surface area contributed by atoms with Gasteiger partial charge in [0.15, 0.2) is 0 Å². The van der Waals surface area contributed by atoms with Crippen molar-refractivity contribution in [3.63, 3.8) is 0 Å². The summed E-state index contributed by atoms with van der Waals surface area (Å²) in [6, 6.07) is 0. The first-order chi connectivity index (χ1) is 8.41. The Morgan fingerprint density at radius 2 is 0.650 bits per heavy atom. The van der Waals surface area contributed by atoms with Crippen LogP contribution in [0.1, 0.15) is 0 Å². The van der Waals surface area contributed by atoms with E-state index < -0.39 is 49.3 Å². The van der Waals surface area contributed by atoms with Gasteiger partial charge >= 0.3 is 49.3 Å².